The van der Waals surface area contributed by atoms with E-state index in [2.05, 4.69) is 23.1 Å². The third-order valence-electron chi connectivity index (χ3n) is 6.18. The molecule has 1 aromatic carbocycles. The van der Waals surface area contributed by atoms with Crippen molar-refractivity contribution in [1.82, 2.24) is 9.21 Å². The molecule has 0 aliphatic carbocycles. The van der Waals surface area contributed by atoms with Gasteiger partial charge < -0.3 is 4.74 Å². The van der Waals surface area contributed by atoms with Crippen LogP contribution in [0.25, 0.3) is 0 Å². The summed E-state index contributed by atoms with van der Waals surface area (Å²) in [5, 5.41) is 0. The number of sulfonamides is 1. The largest absolute Gasteiger partial charge is 0.491 e. The van der Waals surface area contributed by atoms with Gasteiger partial charge in [-0.1, -0.05) is 6.07 Å². The Morgan fingerprint density at radius 2 is 2.00 bits per heavy atom. The van der Waals surface area contributed by atoms with Gasteiger partial charge in [0.25, 0.3) is 0 Å². The highest BCUT2D eigenvalue weighted by Crippen LogP contribution is 2.44. The van der Waals surface area contributed by atoms with Crippen molar-refractivity contribution in [2.24, 2.45) is 5.92 Å². The molecule has 0 amide bonds. The average Bonchev–Trinajstić information content (AvgIpc) is 2.57. The minimum Gasteiger partial charge on any atom is -0.491 e. The Morgan fingerprint density at radius 1 is 1.22 bits per heavy atom. The van der Waals surface area contributed by atoms with E-state index < -0.39 is 10.0 Å². The van der Waals surface area contributed by atoms with Gasteiger partial charge in [0.1, 0.15) is 5.75 Å². The molecule has 0 unspecified atom stereocenters. The Morgan fingerprint density at radius 3 is 2.70 bits per heavy atom. The van der Waals surface area contributed by atoms with E-state index in [-0.39, 0.29) is 24.6 Å². The molecule has 27 heavy (non-hydrogen) atoms. The maximum Gasteiger partial charge on any atom is 0.211 e. The zero-order valence-corrected chi connectivity index (χ0v) is 18.1. The lowest BCUT2D eigenvalue weighted by molar-refractivity contribution is 0.0222. The molecule has 0 saturated carbocycles. The van der Waals surface area contributed by atoms with Crippen molar-refractivity contribution in [3.63, 3.8) is 0 Å². The fraction of sp³-hybridized carbons (Fsp3) is 0.700. The van der Waals surface area contributed by atoms with E-state index in [0.717, 1.165) is 44.5 Å². The molecule has 0 spiro atoms. The summed E-state index contributed by atoms with van der Waals surface area (Å²) in [7, 11) is -3.14. The summed E-state index contributed by atoms with van der Waals surface area (Å²) >= 11 is 0. The van der Waals surface area contributed by atoms with Crippen molar-refractivity contribution >= 4 is 22.4 Å². The fourth-order valence-corrected chi connectivity index (χ4v) is 6.36. The molecule has 7 heteroatoms. The summed E-state index contributed by atoms with van der Waals surface area (Å²) in [5.74, 6) is 1.41. The molecule has 0 radical (unpaired) electrons. The van der Waals surface area contributed by atoms with Gasteiger partial charge in [0, 0.05) is 31.7 Å². The minimum atomic E-state index is -3.14. The smallest absolute Gasteiger partial charge is 0.211 e. The van der Waals surface area contributed by atoms with Crippen LogP contribution in [0.4, 0.5) is 0 Å². The second-order valence-corrected chi connectivity index (χ2v) is 10.3. The molecule has 0 N–H and O–H groups in total. The number of hydrogen-bond acceptors (Lipinski definition) is 4. The Labute approximate surface area is 169 Å². The van der Waals surface area contributed by atoms with Crippen molar-refractivity contribution in [3.05, 3.63) is 29.3 Å². The van der Waals surface area contributed by atoms with Gasteiger partial charge in [-0.15, -0.1) is 12.4 Å². The maximum absolute atomic E-state index is 12.3. The summed E-state index contributed by atoms with van der Waals surface area (Å²) < 4.78 is 32.2. The van der Waals surface area contributed by atoms with Gasteiger partial charge >= 0.3 is 0 Å². The monoisotopic (exact) mass is 414 g/mol. The van der Waals surface area contributed by atoms with Crippen LogP contribution in [0.15, 0.2) is 18.2 Å². The van der Waals surface area contributed by atoms with Crippen LogP contribution in [0.3, 0.4) is 0 Å². The Kier molecular flexibility index (Phi) is 6.11. The Bertz CT molecular complexity index is 783. The first-order chi connectivity index (χ1) is 12.3. The van der Waals surface area contributed by atoms with Crippen LogP contribution in [0.2, 0.25) is 0 Å². The van der Waals surface area contributed by atoms with Gasteiger partial charge in [-0.05, 0) is 68.7 Å². The summed E-state index contributed by atoms with van der Waals surface area (Å²) in [6.07, 6.45) is 5.64. The quantitative estimate of drug-likeness (QED) is 0.761. The SMILES string of the molecule is CC(C)Oc1ccc2c(c1)CCN1C[C@H]3CCCN(S(C)(=O)=O)[C@H]3C[C@H]21.Cl. The highest BCUT2D eigenvalue weighted by molar-refractivity contribution is 7.88. The van der Waals surface area contributed by atoms with Gasteiger partial charge in [-0.3, -0.25) is 4.90 Å². The standard InChI is InChI=1S/C20H30N2O3S.ClH/c1-14(2)25-17-6-7-18-15(11-17)8-10-21-13-16-5-4-9-22(26(3,23)24)19(16)12-20(18)21;/h6-7,11,14,16,19-20H,4-5,8-10,12-13H2,1-3H3;1H/t16-,19+,20-;/m1./s1. The van der Waals surface area contributed by atoms with Crippen LogP contribution in [0.5, 0.6) is 5.75 Å². The number of rotatable bonds is 3. The molecular formula is C20H31ClN2O3S. The molecular weight excluding hydrogens is 384 g/mol. The molecule has 3 aliphatic rings. The Hall–Kier alpha value is -0.820. The zero-order valence-electron chi connectivity index (χ0n) is 16.4. The highest BCUT2D eigenvalue weighted by atomic mass is 35.5. The van der Waals surface area contributed by atoms with Crippen molar-refractivity contribution in [1.29, 1.82) is 0 Å². The van der Waals surface area contributed by atoms with Crippen LogP contribution in [-0.2, 0) is 16.4 Å². The number of nitrogens with zero attached hydrogens (tertiary/aromatic N) is 2. The second kappa shape index (κ2) is 7.90. The van der Waals surface area contributed by atoms with E-state index in [0.29, 0.717) is 18.5 Å². The lowest BCUT2D eigenvalue weighted by Crippen LogP contribution is -2.57. The molecule has 4 rings (SSSR count). The summed E-state index contributed by atoms with van der Waals surface area (Å²) in [5.41, 5.74) is 2.73. The molecule has 3 aliphatic heterocycles. The van der Waals surface area contributed by atoms with Gasteiger partial charge in [-0.25, -0.2) is 8.42 Å². The predicted octanol–water partition coefficient (Wildman–Crippen LogP) is 3.24. The third kappa shape index (κ3) is 4.14. The van der Waals surface area contributed by atoms with Crippen molar-refractivity contribution in [3.8, 4) is 5.75 Å². The molecule has 5 nitrogen and oxygen atoms in total. The molecule has 3 atom stereocenters. The predicted molar refractivity (Wildman–Crippen MR) is 110 cm³/mol. The van der Waals surface area contributed by atoms with E-state index in [1.165, 1.54) is 17.4 Å². The maximum atomic E-state index is 12.3. The molecule has 2 saturated heterocycles. The molecule has 3 heterocycles. The van der Waals surface area contributed by atoms with Gasteiger partial charge in [0.15, 0.2) is 0 Å². The van der Waals surface area contributed by atoms with E-state index in [9.17, 15) is 8.42 Å². The zero-order chi connectivity index (χ0) is 18.5. The highest BCUT2D eigenvalue weighted by Gasteiger charge is 2.44. The van der Waals surface area contributed by atoms with Crippen molar-refractivity contribution < 1.29 is 13.2 Å². The summed E-state index contributed by atoms with van der Waals surface area (Å²) in [6.45, 7) is 6.85. The lowest BCUT2D eigenvalue weighted by Gasteiger charge is -2.51. The topological polar surface area (TPSA) is 49.9 Å². The minimum absolute atomic E-state index is 0. The number of fused-ring (bicyclic) bond motifs is 4. The molecule has 0 aromatic heterocycles. The summed E-state index contributed by atoms with van der Waals surface area (Å²) in [6, 6.07) is 6.95. The number of hydrogen-bond donors (Lipinski definition) is 0. The van der Waals surface area contributed by atoms with Crippen LogP contribution < -0.4 is 4.74 Å². The normalized spacial score (nSPS) is 28.7. The van der Waals surface area contributed by atoms with E-state index in [1.54, 1.807) is 4.31 Å². The van der Waals surface area contributed by atoms with Crippen LogP contribution in [-0.4, -0.2) is 55.7 Å². The molecule has 0 bridgehead atoms. The number of piperidine rings is 2. The first-order valence-corrected chi connectivity index (χ1v) is 11.7. The van der Waals surface area contributed by atoms with E-state index in [4.69, 9.17) is 4.74 Å². The van der Waals surface area contributed by atoms with Crippen molar-refractivity contribution in [2.75, 3.05) is 25.9 Å². The van der Waals surface area contributed by atoms with Crippen LogP contribution >= 0.6 is 12.4 Å². The van der Waals surface area contributed by atoms with Gasteiger partial charge in [0.05, 0.1) is 12.4 Å². The van der Waals surface area contributed by atoms with Crippen molar-refractivity contribution in [2.45, 2.75) is 57.7 Å². The van der Waals surface area contributed by atoms with Gasteiger partial charge in [0.2, 0.25) is 10.0 Å². The first kappa shape index (κ1) is 20.9. The third-order valence-corrected chi connectivity index (χ3v) is 7.49. The number of ether oxygens (including phenoxy) is 1. The molecule has 152 valence electrons. The lowest BCUT2D eigenvalue weighted by atomic mass is 9.77. The van der Waals surface area contributed by atoms with Crippen LogP contribution in [0, 0.1) is 5.92 Å². The second-order valence-electron chi connectivity index (χ2n) is 8.37. The van der Waals surface area contributed by atoms with E-state index >= 15 is 0 Å². The average molecular weight is 415 g/mol. The number of halogens is 1. The first-order valence-electron chi connectivity index (χ1n) is 9.83. The van der Waals surface area contributed by atoms with E-state index in [1.807, 2.05) is 13.8 Å². The molecule has 2 fully saturated rings. The number of benzene rings is 1. The van der Waals surface area contributed by atoms with Crippen LogP contribution in [0.1, 0.15) is 50.3 Å². The summed E-state index contributed by atoms with van der Waals surface area (Å²) in [4.78, 5) is 2.58. The van der Waals surface area contributed by atoms with Gasteiger partial charge in [-0.2, -0.15) is 4.31 Å². The fourth-order valence-electron chi connectivity index (χ4n) is 5.15. The molecule has 1 aromatic rings. The Balaban J connectivity index is 0.00000210.